The molecule has 0 bridgehead atoms. The lowest BCUT2D eigenvalue weighted by atomic mass is 10.3. The van der Waals surface area contributed by atoms with Gasteiger partial charge in [-0.05, 0) is 52.3 Å². The molecule has 20 heavy (non-hydrogen) atoms. The maximum atomic E-state index is 11.2. The van der Waals surface area contributed by atoms with Crippen molar-refractivity contribution in [1.29, 1.82) is 0 Å². The SMILES string of the molecule is O=S(=O)(Cl)c1ccc(Oc2cc(Cl)cc(Cl)c2)c(Br)c1. The average molecular weight is 417 g/mol. The Labute approximate surface area is 139 Å². The van der Waals surface area contributed by atoms with Crippen LogP contribution in [-0.4, -0.2) is 8.42 Å². The number of halogens is 4. The molecule has 0 heterocycles. The number of rotatable bonds is 3. The molecule has 0 N–H and O–H groups in total. The van der Waals surface area contributed by atoms with Gasteiger partial charge in [0.1, 0.15) is 11.5 Å². The summed E-state index contributed by atoms with van der Waals surface area (Å²) in [5.41, 5.74) is 0. The highest BCUT2D eigenvalue weighted by Crippen LogP contribution is 2.34. The molecule has 0 unspecified atom stereocenters. The van der Waals surface area contributed by atoms with Crippen molar-refractivity contribution < 1.29 is 13.2 Å². The molecule has 106 valence electrons. The second-order valence-corrected chi connectivity index (χ2v) is 8.03. The second-order valence-electron chi connectivity index (χ2n) is 3.74. The van der Waals surface area contributed by atoms with E-state index in [0.29, 0.717) is 26.0 Å². The number of hydrogen-bond donors (Lipinski definition) is 0. The average Bonchev–Trinajstić information content (AvgIpc) is 2.29. The fraction of sp³-hybridized carbons (Fsp3) is 0. The van der Waals surface area contributed by atoms with Crippen LogP contribution in [0.1, 0.15) is 0 Å². The molecule has 8 heteroatoms. The highest BCUT2D eigenvalue weighted by Gasteiger charge is 2.13. The van der Waals surface area contributed by atoms with Gasteiger partial charge in [-0.3, -0.25) is 0 Å². The van der Waals surface area contributed by atoms with Crippen LogP contribution in [0.15, 0.2) is 45.8 Å². The van der Waals surface area contributed by atoms with Crippen LogP contribution < -0.4 is 4.74 Å². The smallest absolute Gasteiger partial charge is 0.261 e. The van der Waals surface area contributed by atoms with E-state index in [1.54, 1.807) is 18.2 Å². The van der Waals surface area contributed by atoms with E-state index >= 15 is 0 Å². The normalized spacial score (nSPS) is 11.4. The fourth-order valence-electron chi connectivity index (χ4n) is 1.43. The van der Waals surface area contributed by atoms with E-state index in [0.717, 1.165) is 0 Å². The van der Waals surface area contributed by atoms with Gasteiger partial charge in [0, 0.05) is 20.7 Å². The molecule has 0 aliphatic carbocycles. The van der Waals surface area contributed by atoms with Crippen molar-refractivity contribution in [3.05, 3.63) is 50.9 Å². The number of hydrogen-bond acceptors (Lipinski definition) is 3. The molecular weight excluding hydrogens is 410 g/mol. The second kappa shape index (κ2) is 6.12. The Hall–Kier alpha value is -0.460. The van der Waals surface area contributed by atoms with E-state index in [1.165, 1.54) is 18.2 Å². The first-order chi connectivity index (χ1) is 9.25. The van der Waals surface area contributed by atoms with Crippen molar-refractivity contribution in [3.63, 3.8) is 0 Å². The molecule has 2 aromatic carbocycles. The Bertz CT molecular complexity index is 742. The summed E-state index contributed by atoms with van der Waals surface area (Å²) >= 11 is 15.0. The third kappa shape index (κ3) is 4.02. The quantitative estimate of drug-likeness (QED) is 0.623. The predicted octanol–water partition coefficient (Wildman–Crippen LogP) is 5.48. The van der Waals surface area contributed by atoms with Gasteiger partial charge in [0.05, 0.1) is 9.37 Å². The van der Waals surface area contributed by atoms with E-state index in [4.69, 9.17) is 38.6 Å². The van der Waals surface area contributed by atoms with Gasteiger partial charge < -0.3 is 4.74 Å². The summed E-state index contributed by atoms with van der Waals surface area (Å²) in [6.45, 7) is 0. The van der Waals surface area contributed by atoms with Gasteiger partial charge in [-0.2, -0.15) is 0 Å². The van der Waals surface area contributed by atoms with Gasteiger partial charge in [-0.15, -0.1) is 0 Å². The summed E-state index contributed by atoms with van der Waals surface area (Å²) in [5, 5.41) is 0.868. The summed E-state index contributed by atoms with van der Waals surface area (Å²) in [7, 11) is 1.48. The molecule has 0 aromatic heterocycles. The van der Waals surface area contributed by atoms with Crippen molar-refractivity contribution in [2.24, 2.45) is 0 Å². The van der Waals surface area contributed by atoms with Gasteiger partial charge >= 0.3 is 0 Å². The van der Waals surface area contributed by atoms with Crippen LogP contribution in [0.25, 0.3) is 0 Å². The fourth-order valence-corrected chi connectivity index (χ4v) is 3.32. The van der Waals surface area contributed by atoms with Crippen molar-refractivity contribution in [2.75, 3.05) is 0 Å². The van der Waals surface area contributed by atoms with Crippen molar-refractivity contribution in [2.45, 2.75) is 4.90 Å². The van der Waals surface area contributed by atoms with E-state index < -0.39 is 9.05 Å². The molecule has 0 radical (unpaired) electrons. The first-order valence-corrected chi connectivity index (χ1v) is 9.00. The topological polar surface area (TPSA) is 43.4 Å². The van der Waals surface area contributed by atoms with Crippen LogP contribution in [0.3, 0.4) is 0 Å². The summed E-state index contributed by atoms with van der Waals surface area (Å²) < 4.78 is 28.5. The zero-order valence-corrected chi connectivity index (χ0v) is 14.3. The molecule has 0 amide bonds. The standard InChI is InChI=1S/C12H6BrCl3O3S/c13-11-6-10(20(16,17)18)1-2-12(11)19-9-4-7(14)3-8(15)5-9/h1-6H. The minimum atomic E-state index is -3.78. The minimum absolute atomic E-state index is 0.0254. The van der Waals surface area contributed by atoms with Gasteiger partial charge in [0.15, 0.2) is 0 Å². The third-order valence-corrected chi connectivity index (χ3v) is 4.66. The first kappa shape index (κ1) is 15.9. The number of benzene rings is 2. The highest BCUT2D eigenvalue weighted by molar-refractivity contribution is 9.10. The summed E-state index contributed by atoms with van der Waals surface area (Å²) in [6.07, 6.45) is 0. The molecule has 2 rings (SSSR count). The Kier molecular flexibility index (Phi) is 4.87. The van der Waals surface area contributed by atoms with Gasteiger partial charge in [0.25, 0.3) is 9.05 Å². The van der Waals surface area contributed by atoms with E-state index in [-0.39, 0.29) is 4.90 Å². The minimum Gasteiger partial charge on any atom is -0.456 e. The number of ether oxygens (including phenoxy) is 1. The molecule has 0 fully saturated rings. The maximum absolute atomic E-state index is 11.2. The predicted molar refractivity (Wildman–Crippen MR) is 83.7 cm³/mol. The largest absolute Gasteiger partial charge is 0.456 e. The van der Waals surface area contributed by atoms with Gasteiger partial charge in [-0.25, -0.2) is 8.42 Å². The zero-order chi connectivity index (χ0) is 14.9. The van der Waals surface area contributed by atoms with Crippen LogP contribution in [0.5, 0.6) is 11.5 Å². The van der Waals surface area contributed by atoms with Crippen LogP contribution in [-0.2, 0) is 9.05 Å². The van der Waals surface area contributed by atoms with Gasteiger partial charge in [-0.1, -0.05) is 23.2 Å². The molecule has 0 saturated carbocycles. The third-order valence-electron chi connectivity index (χ3n) is 2.25. The monoisotopic (exact) mass is 414 g/mol. The van der Waals surface area contributed by atoms with Crippen LogP contribution in [0.4, 0.5) is 0 Å². The lowest BCUT2D eigenvalue weighted by molar-refractivity contribution is 0.479. The summed E-state index contributed by atoms with van der Waals surface area (Å²) in [4.78, 5) is -0.0254. The molecular formula is C12H6BrCl3O3S. The van der Waals surface area contributed by atoms with Crippen LogP contribution in [0, 0.1) is 0 Å². The molecule has 3 nitrogen and oxygen atoms in total. The molecule has 0 aliphatic heterocycles. The lowest BCUT2D eigenvalue weighted by Gasteiger charge is -2.09. The maximum Gasteiger partial charge on any atom is 0.261 e. The molecule has 0 atom stereocenters. The molecule has 0 spiro atoms. The Balaban J connectivity index is 2.35. The lowest BCUT2D eigenvalue weighted by Crippen LogP contribution is -1.92. The van der Waals surface area contributed by atoms with Gasteiger partial charge in [0.2, 0.25) is 0 Å². The van der Waals surface area contributed by atoms with E-state index in [1.807, 2.05) is 0 Å². The summed E-state index contributed by atoms with van der Waals surface area (Å²) in [5.74, 6) is 0.845. The molecule has 0 aliphatic rings. The Morgan fingerprint density at radius 3 is 2.10 bits per heavy atom. The zero-order valence-electron chi connectivity index (χ0n) is 9.61. The van der Waals surface area contributed by atoms with Crippen LogP contribution >= 0.6 is 49.8 Å². The Morgan fingerprint density at radius 1 is 1.00 bits per heavy atom. The summed E-state index contributed by atoms with van der Waals surface area (Å²) in [6, 6.07) is 8.93. The van der Waals surface area contributed by atoms with E-state index in [9.17, 15) is 8.42 Å². The molecule has 2 aromatic rings. The van der Waals surface area contributed by atoms with Crippen LogP contribution in [0.2, 0.25) is 10.0 Å². The van der Waals surface area contributed by atoms with Crippen molar-refractivity contribution in [3.8, 4) is 11.5 Å². The Morgan fingerprint density at radius 2 is 1.60 bits per heavy atom. The van der Waals surface area contributed by atoms with E-state index in [2.05, 4.69) is 15.9 Å². The molecule has 0 saturated heterocycles. The first-order valence-electron chi connectivity index (χ1n) is 5.14. The van der Waals surface area contributed by atoms with Crippen molar-refractivity contribution in [1.82, 2.24) is 0 Å². The van der Waals surface area contributed by atoms with Crippen molar-refractivity contribution >= 4 is 58.9 Å². The highest BCUT2D eigenvalue weighted by atomic mass is 79.9.